The molecule has 26 heavy (non-hydrogen) atoms. The Balaban J connectivity index is 0.00000338. The summed E-state index contributed by atoms with van der Waals surface area (Å²) >= 11 is 0. The maximum Gasteiger partial charge on any atom is 0.254 e. The first-order valence-corrected chi connectivity index (χ1v) is 8.42. The summed E-state index contributed by atoms with van der Waals surface area (Å²) in [6.07, 6.45) is 1.77. The van der Waals surface area contributed by atoms with E-state index in [1.165, 1.54) is 0 Å². The van der Waals surface area contributed by atoms with Crippen LogP contribution >= 0.6 is 24.0 Å². The summed E-state index contributed by atoms with van der Waals surface area (Å²) in [7, 11) is 0. The van der Waals surface area contributed by atoms with Gasteiger partial charge in [0.1, 0.15) is 0 Å². The second-order valence-corrected chi connectivity index (χ2v) is 5.64. The van der Waals surface area contributed by atoms with Crippen LogP contribution in [0.25, 0.3) is 0 Å². The van der Waals surface area contributed by atoms with E-state index in [1.54, 1.807) is 23.1 Å². The molecular formula is C18H26IN5O2. The molecule has 0 unspecified atom stereocenters. The Morgan fingerprint density at radius 1 is 1.35 bits per heavy atom. The van der Waals surface area contributed by atoms with Crippen LogP contribution in [0.5, 0.6) is 0 Å². The van der Waals surface area contributed by atoms with Gasteiger partial charge in [0.2, 0.25) is 5.91 Å². The Kier molecular flexibility index (Phi) is 9.71. The molecule has 2 rings (SSSR count). The zero-order valence-corrected chi connectivity index (χ0v) is 17.3. The van der Waals surface area contributed by atoms with Crippen molar-refractivity contribution in [3.63, 3.8) is 0 Å². The first-order chi connectivity index (χ1) is 12.1. The molecule has 0 spiro atoms. The van der Waals surface area contributed by atoms with Crippen molar-refractivity contribution in [2.45, 2.75) is 13.5 Å². The number of carbonyl (C=O) groups excluding carboxylic acids is 2. The van der Waals surface area contributed by atoms with Crippen molar-refractivity contribution in [2.24, 2.45) is 4.99 Å². The number of guanidine groups is 1. The predicted octanol–water partition coefficient (Wildman–Crippen LogP) is 1.12. The number of hydrogen-bond donors (Lipinski definition) is 3. The summed E-state index contributed by atoms with van der Waals surface area (Å²) in [6.45, 7) is 8.77. The number of halogens is 1. The third-order valence-electron chi connectivity index (χ3n) is 3.70. The summed E-state index contributed by atoms with van der Waals surface area (Å²) in [5.74, 6) is 0.487. The van der Waals surface area contributed by atoms with E-state index in [9.17, 15) is 9.59 Å². The monoisotopic (exact) mass is 471 g/mol. The molecule has 1 aliphatic rings. The maximum absolute atomic E-state index is 12.4. The summed E-state index contributed by atoms with van der Waals surface area (Å²) in [5.41, 5.74) is 1.59. The smallest absolute Gasteiger partial charge is 0.254 e. The van der Waals surface area contributed by atoms with E-state index in [0.717, 1.165) is 18.1 Å². The zero-order chi connectivity index (χ0) is 18.1. The molecule has 1 saturated heterocycles. The topological polar surface area (TPSA) is 85.8 Å². The van der Waals surface area contributed by atoms with E-state index < -0.39 is 0 Å². The van der Waals surface area contributed by atoms with Crippen molar-refractivity contribution in [1.29, 1.82) is 0 Å². The van der Waals surface area contributed by atoms with Crippen LogP contribution in [-0.4, -0.2) is 55.4 Å². The molecule has 2 amide bonds. The van der Waals surface area contributed by atoms with Gasteiger partial charge in [0.15, 0.2) is 5.96 Å². The lowest BCUT2D eigenvalue weighted by molar-refractivity contribution is -0.123. The SMILES string of the molecule is C=CCNC(=NCc1ccc(C(=O)N2CCNC(=O)C2)cc1)NCC.I. The quantitative estimate of drug-likeness (QED) is 0.251. The highest BCUT2D eigenvalue weighted by molar-refractivity contribution is 14.0. The second-order valence-electron chi connectivity index (χ2n) is 5.64. The molecule has 1 aromatic rings. The summed E-state index contributed by atoms with van der Waals surface area (Å²) in [5, 5.41) is 9.01. The number of piperazine rings is 1. The highest BCUT2D eigenvalue weighted by atomic mass is 127. The van der Waals surface area contributed by atoms with Crippen molar-refractivity contribution in [3.05, 3.63) is 48.0 Å². The van der Waals surface area contributed by atoms with Gasteiger partial charge in [-0.15, -0.1) is 30.6 Å². The molecule has 1 aromatic carbocycles. The fraction of sp³-hybridized carbons (Fsp3) is 0.389. The minimum atomic E-state index is -0.120. The van der Waals surface area contributed by atoms with Crippen LogP contribution in [-0.2, 0) is 11.3 Å². The number of carbonyl (C=O) groups is 2. The Morgan fingerprint density at radius 2 is 2.08 bits per heavy atom. The maximum atomic E-state index is 12.4. The Hall–Kier alpha value is -2.10. The van der Waals surface area contributed by atoms with Gasteiger partial charge in [0.25, 0.3) is 5.91 Å². The van der Waals surface area contributed by atoms with Gasteiger partial charge < -0.3 is 20.9 Å². The highest BCUT2D eigenvalue weighted by Gasteiger charge is 2.21. The molecule has 0 bridgehead atoms. The fourth-order valence-corrected chi connectivity index (χ4v) is 2.43. The fourth-order valence-electron chi connectivity index (χ4n) is 2.43. The average molecular weight is 471 g/mol. The van der Waals surface area contributed by atoms with Crippen LogP contribution in [0.2, 0.25) is 0 Å². The van der Waals surface area contributed by atoms with Gasteiger partial charge in [0.05, 0.1) is 13.1 Å². The van der Waals surface area contributed by atoms with Gasteiger partial charge in [-0.3, -0.25) is 9.59 Å². The highest BCUT2D eigenvalue weighted by Crippen LogP contribution is 2.09. The standard InChI is InChI=1S/C18H25N5O2.HI/c1-3-9-21-18(19-4-2)22-12-14-5-7-15(8-6-14)17(25)23-11-10-20-16(24)13-23;/h3,5-8H,1,4,9-13H2,2H3,(H,20,24)(H2,19,21,22);1H. The van der Waals surface area contributed by atoms with Crippen LogP contribution in [0.3, 0.4) is 0 Å². The van der Waals surface area contributed by atoms with Crippen LogP contribution in [0.4, 0.5) is 0 Å². The number of amides is 2. The zero-order valence-electron chi connectivity index (χ0n) is 15.0. The van der Waals surface area contributed by atoms with E-state index in [4.69, 9.17) is 0 Å². The van der Waals surface area contributed by atoms with Crippen LogP contribution in [0.1, 0.15) is 22.8 Å². The summed E-state index contributed by atoms with van der Waals surface area (Å²) < 4.78 is 0. The lowest BCUT2D eigenvalue weighted by atomic mass is 10.1. The van der Waals surface area contributed by atoms with Crippen LogP contribution in [0, 0.1) is 0 Å². The summed E-state index contributed by atoms with van der Waals surface area (Å²) in [6, 6.07) is 7.34. The Labute approximate surface area is 171 Å². The van der Waals surface area contributed by atoms with Crippen molar-refractivity contribution < 1.29 is 9.59 Å². The predicted molar refractivity (Wildman–Crippen MR) is 114 cm³/mol. The van der Waals surface area contributed by atoms with Gasteiger partial charge >= 0.3 is 0 Å². The van der Waals surface area contributed by atoms with Gasteiger partial charge in [-0.05, 0) is 24.6 Å². The Bertz CT molecular complexity index is 645. The number of benzene rings is 1. The number of aliphatic imine (C=N–C) groups is 1. The molecule has 1 fully saturated rings. The first kappa shape index (κ1) is 21.9. The normalized spacial score (nSPS) is 14.1. The average Bonchev–Trinajstić information content (AvgIpc) is 2.64. The Morgan fingerprint density at radius 3 is 2.69 bits per heavy atom. The molecule has 3 N–H and O–H groups in total. The first-order valence-electron chi connectivity index (χ1n) is 8.42. The lowest BCUT2D eigenvalue weighted by Crippen LogP contribution is -2.49. The lowest BCUT2D eigenvalue weighted by Gasteiger charge is -2.26. The molecule has 0 aliphatic carbocycles. The molecular weight excluding hydrogens is 445 g/mol. The molecule has 142 valence electrons. The number of nitrogens with zero attached hydrogens (tertiary/aromatic N) is 2. The molecule has 0 atom stereocenters. The number of nitrogens with one attached hydrogen (secondary N) is 3. The van der Waals surface area contributed by atoms with Crippen molar-refractivity contribution >= 4 is 41.8 Å². The van der Waals surface area contributed by atoms with Crippen molar-refractivity contribution in [2.75, 3.05) is 32.7 Å². The van der Waals surface area contributed by atoms with Crippen molar-refractivity contribution in [1.82, 2.24) is 20.9 Å². The van der Waals surface area contributed by atoms with Gasteiger partial charge in [-0.1, -0.05) is 18.2 Å². The molecule has 0 radical (unpaired) electrons. The molecule has 8 heteroatoms. The largest absolute Gasteiger partial charge is 0.357 e. The van der Waals surface area contributed by atoms with E-state index in [1.807, 2.05) is 19.1 Å². The summed E-state index contributed by atoms with van der Waals surface area (Å²) in [4.78, 5) is 29.9. The minimum absolute atomic E-state index is 0. The molecule has 0 aromatic heterocycles. The third kappa shape index (κ3) is 6.66. The molecule has 1 heterocycles. The van der Waals surface area contributed by atoms with E-state index in [0.29, 0.717) is 31.7 Å². The van der Waals surface area contributed by atoms with Crippen LogP contribution in [0.15, 0.2) is 41.9 Å². The van der Waals surface area contributed by atoms with Crippen LogP contribution < -0.4 is 16.0 Å². The number of rotatable bonds is 6. The molecule has 0 saturated carbocycles. The second kappa shape index (κ2) is 11.5. The van der Waals surface area contributed by atoms with E-state index >= 15 is 0 Å². The van der Waals surface area contributed by atoms with E-state index in [2.05, 4.69) is 27.5 Å². The van der Waals surface area contributed by atoms with Crippen molar-refractivity contribution in [3.8, 4) is 0 Å². The molecule has 7 nitrogen and oxygen atoms in total. The third-order valence-corrected chi connectivity index (χ3v) is 3.70. The van der Waals surface area contributed by atoms with E-state index in [-0.39, 0.29) is 42.3 Å². The van der Waals surface area contributed by atoms with Gasteiger partial charge in [0, 0.05) is 31.7 Å². The number of hydrogen-bond acceptors (Lipinski definition) is 3. The van der Waals surface area contributed by atoms with Gasteiger partial charge in [-0.2, -0.15) is 0 Å². The van der Waals surface area contributed by atoms with Gasteiger partial charge in [-0.25, -0.2) is 4.99 Å². The minimum Gasteiger partial charge on any atom is -0.357 e. The molecule has 1 aliphatic heterocycles.